The Morgan fingerprint density at radius 1 is 1.32 bits per heavy atom. The number of hydrogen-bond acceptors (Lipinski definition) is 2. The van der Waals surface area contributed by atoms with Crippen molar-refractivity contribution >= 4 is 16.9 Å². The fourth-order valence-corrected chi connectivity index (χ4v) is 3.52. The molecule has 4 nitrogen and oxygen atoms in total. The second-order valence-electron chi connectivity index (χ2n) is 6.19. The molecule has 1 aliphatic heterocycles. The predicted molar refractivity (Wildman–Crippen MR) is 88.6 cm³/mol. The summed E-state index contributed by atoms with van der Waals surface area (Å²) in [5.74, 6) is 1.24. The van der Waals surface area contributed by atoms with E-state index in [4.69, 9.17) is 4.98 Å². The summed E-state index contributed by atoms with van der Waals surface area (Å²) in [5, 5.41) is 0. The maximum absolute atomic E-state index is 11.9. The van der Waals surface area contributed by atoms with Gasteiger partial charge in [-0.15, -0.1) is 0 Å². The molecule has 1 aliphatic rings. The smallest absolute Gasteiger partial charge is 0.220 e. The van der Waals surface area contributed by atoms with Crippen LogP contribution < -0.4 is 0 Å². The van der Waals surface area contributed by atoms with Gasteiger partial charge in [0.05, 0.1) is 17.1 Å². The van der Waals surface area contributed by atoms with E-state index in [9.17, 15) is 4.79 Å². The van der Waals surface area contributed by atoms with Crippen LogP contribution in [0.5, 0.6) is 0 Å². The number of para-hydroxylation sites is 2. The largest absolute Gasteiger partial charge is 0.333 e. The third-order valence-electron chi connectivity index (χ3n) is 4.62. The van der Waals surface area contributed by atoms with Gasteiger partial charge in [-0.2, -0.15) is 0 Å². The SMILES string of the molecule is CCCCCn1c([C@@H]2CCCN2C(C)=O)nc2ccccc21. The summed E-state index contributed by atoms with van der Waals surface area (Å²) >= 11 is 0. The third-order valence-corrected chi connectivity index (χ3v) is 4.62. The van der Waals surface area contributed by atoms with E-state index in [1.54, 1.807) is 6.92 Å². The summed E-state index contributed by atoms with van der Waals surface area (Å²) in [6, 6.07) is 8.47. The number of likely N-dealkylation sites (tertiary alicyclic amines) is 1. The number of nitrogens with zero attached hydrogens (tertiary/aromatic N) is 3. The lowest BCUT2D eigenvalue weighted by atomic mass is 10.2. The topological polar surface area (TPSA) is 38.1 Å². The first-order valence-electron chi connectivity index (χ1n) is 8.44. The second kappa shape index (κ2) is 6.51. The van der Waals surface area contributed by atoms with Crippen LogP contribution in [0.15, 0.2) is 24.3 Å². The summed E-state index contributed by atoms with van der Waals surface area (Å²) in [6.07, 6.45) is 5.70. The molecule has 0 saturated carbocycles. The van der Waals surface area contributed by atoms with E-state index in [0.717, 1.165) is 43.7 Å². The van der Waals surface area contributed by atoms with Crippen LogP contribution in [0.25, 0.3) is 11.0 Å². The molecule has 0 N–H and O–H groups in total. The van der Waals surface area contributed by atoms with Crippen molar-refractivity contribution in [2.45, 2.75) is 58.5 Å². The Hall–Kier alpha value is -1.84. The van der Waals surface area contributed by atoms with Gasteiger partial charge in [-0.1, -0.05) is 31.9 Å². The number of benzene rings is 1. The van der Waals surface area contributed by atoms with Crippen molar-refractivity contribution < 1.29 is 4.79 Å². The first-order valence-corrected chi connectivity index (χ1v) is 8.44. The highest BCUT2D eigenvalue weighted by molar-refractivity contribution is 5.77. The van der Waals surface area contributed by atoms with Gasteiger partial charge < -0.3 is 9.47 Å². The van der Waals surface area contributed by atoms with Crippen molar-refractivity contribution in [2.75, 3.05) is 6.54 Å². The van der Waals surface area contributed by atoms with E-state index in [1.165, 1.54) is 18.4 Å². The highest BCUT2D eigenvalue weighted by Gasteiger charge is 2.31. The number of carbonyl (C=O) groups is 1. The van der Waals surface area contributed by atoms with Gasteiger partial charge >= 0.3 is 0 Å². The molecule has 3 rings (SSSR count). The molecule has 0 bridgehead atoms. The van der Waals surface area contributed by atoms with Crippen LogP contribution in [0.4, 0.5) is 0 Å². The number of aryl methyl sites for hydroxylation is 1. The molecular weight excluding hydrogens is 274 g/mol. The zero-order chi connectivity index (χ0) is 15.5. The van der Waals surface area contributed by atoms with Gasteiger partial charge in [0.1, 0.15) is 5.82 Å². The maximum atomic E-state index is 11.9. The molecule has 0 aliphatic carbocycles. The summed E-state index contributed by atoms with van der Waals surface area (Å²) in [5.41, 5.74) is 2.24. The number of fused-ring (bicyclic) bond motifs is 1. The molecule has 0 radical (unpaired) electrons. The molecule has 4 heteroatoms. The van der Waals surface area contributed by atoms with Gasteiger partial charge in [0.15, 0.2) is 0 Å². The Morgan fingerprint density at radius 2 is 2.14 bits per heavy atom. The molecule has 1 aromatic heterocycles. The summed E-state index contributed by atoms with van der Waals surface area (Å²) < 4.78 is 2.34. The molecule has 0 unspecified atom stereocenters. The van der Waals surface area contributed by atoms with E-state index in [0.29, 0.717) is 0 Å². The molecule has 1 saturated heterocycles. The van der Waals surface area contributed by atoms with Crippen molar-refractivity contribution in [1.29, 1.82) is 0 Å². The number of hydrogen-bond donors (Lipinski definition) is 0. The molecule has 1 amide bonds. The van der Waals surface area contributed by atoms with Crippen LogP contribution in [-0.4, -0.2) is 26.9 Å². The molecule has 1 aromatic carbocycles. The fraction of sp³-hybridized carbons (Fsp3) is 0.556. The molecular formula is C18H25N3O. The Morgan fingerprint density at radius 3 is 2.91 bits per heavy atom. The number of amides is 1. The van der Waals surface area contributed by atoms with Crippen LogP contribution in [0.2, 0.25) is 0 Å². The Labute approximate surface area is 132 Å². The lowest BCUT2D eigenvalue weighted by molar-refractivity contribution is -0.129. The average Bonchev–Trinajstić information content (AvgIpc) is 3.12. The quantitative estimate of drug-likeness (QED) is 0.785. The van der Waals surface area contributed by atoms with E-state index >= 15 is 0 Å². The number of aromatic nitrogens is 2. The van der Waals surface area contributed by atoms with Crippen molar-refractivity contribution in [3.05, 3.63) is 30.1 Å². The van der Waals surface area contributed by atoms with Gasteiger partial charge in [0.2, 0.25) is 5.91 Å². The number of unbranched alkanes of at least 4 members (excludes halogenated alkanes) is 2. The predicted octanol–water partition coefficient (Wildman–Crippen LogP) is 3.91. The van der Waals surface area contributed by atoms with Crippen LogP contribution in [-0.2, 0) is 11.3 Å². The molecule has 1 fully saturated rings. The molecule has 2 aromatic rings. The van der Waals surface area contributed by atoms with E-state index in [-0.39, 0.29) is 11.9 Å². The number of carbonyl (C=O) groups excluding carboxylic acids is 1. The Bertz CT molecular complexity index is 661. The molecule has 0 spiro atoms. The minimum Gasteiger partial charge on any atom is -0.333 e. The third kappa shape index (κ3) is 2.74. The standard InChI is InChI=1S/C18H25N3O/c1-3-4-7-12-21-16-10-6-5-9-15(16)19-18(21)17-11-8-13-20(17)14(2)22/h5-6,9-10,17H,3-4,7-8,11-13H2,1-2H3/t17-/m0/s1. The van der Waals surface area contributed by atoms with E-state index in [1.807, 2.05) is 11.0 Å². The fourth-order valence-electron chi connectivity index (χ4n) is 3.52. The zero-order valence-electron chi connectivity index (χ0n) is 13.6. The van der Waals surface area contributed by atoms with Gasteiger partial charge in [-0.3, -0.25) is 4.79 Å². The molecule has 22 heavy (non-hydrogen) atoms. The Balaban J connectivity index is 2.00. The lowest BCUT2D eigenvalue weighted by Gasteiger charge is -2.23. The minimum atomic E-state index is 0.145. The van der Waals surface area contributed by atoms with Gasteiger partial charge in [0.25, 0.3) is 0 Å². The molecule has 1 atom stereocenters. The zero-order valence-corrected chi connectivity index (χ0v) is 13.6. The van der Waals surface area contributed by atoms with Crippen molar-refractivity contribution in [3.8, 4) is 0 Å². The van der Waals surface area contributed by atoms with E-state index < -0.39 is 0 Å². The van der Waals surface area contributed by atoms with Crippen LogP contribution in [0, 0.1) is 0 Å². The maximum Gasteiger partial charge on any atom is 0.220 e. The Kier molecular flexibility index (Phi) is 4.46. The first kappa shape index (κ1) is 15.1. The molecule has 118 valence electrons. The summed E-state index contributed by atoms with van der Waals surface area (Å²) in [7, 11) is 0. The summed E-state index contributed by atoms with van der Waals surface area (Å²) in [4.78, 5) is 18.8. The van der Waals surface area contributed by atoms with Crippen LogP contribution in [0.3, 0.4) is 0 Å². The highest BCUT2D eigenvalue weighted by Crippen LogP contribution is 2.33. The molecule has 2 heterocycles. The van der Waals surface area contributed by atoms with Crippen LogP contribution >= 0.6 is 0 Å². The first-order chi connectivity index (χ1) is 10.7. The van der Waals surface area contributed by atoms with Gasteiger partial charge in [-0.25, -0.2) is 4.98 Å². The average molecular weight is 299 g/mol. The van der Waals surface area contributed by atoms with Crippen LogP contribution in [0.1, 0.15) is 57.8 Å². The van der Waals surface area contributed by atoms with Crippen molar-refractivity contribution in [1.82, 2.24) is 14.5 Å². The minimum absolute atomic E-state index is 0.145. The summed E-state index contributed by atoms with van der Waals surface area (Å²) in [6.45, 7) is 5.74. The van der Waals surface area contributed by atoms with E-state index in [2.05, 4.69) is 29.7 Å². The lowest BCUT2D eigenvalue weighted by Crippen LogP contribution is -2.29. The monoisotopic (exact) mass is 299 g/mol. The number of rotatable bonds is 5. The number of imidazole rings is 1. The highest BCUT2D eigenvalue weighted by atomic mass is 16.2. The van der Waals surface area contributed by atoms with Gasteiger partial charge in [-0.05, 0) is 31.4 Å². The van der Waals surface area contributed by atoms with Crippen molar-refractivity contribution in [3.63, 3.8) is 0 Å². The van der Waals surface area contributed by atoms with Gasteiger partial charge in [0, 0.05) is 20.0 Å². The second-order valence-corrected chi connectivity index (χ2v) is 6.19. The normalized spacial score (nSPS) is 18.3. The van der Waals surface area contributed by atoms with Crippen molar-refractivity contribution in [2.24, 2.45) is 0 Å².